The van der Waals surface area contributed by atoms with Gasteiger partial charge in [-0.2, -0.15) is 0 Å². The third kappa shape index (κ3) is 2.14. The zero-order valence-corrected chi connectivity index (χ0v) is 10.9. The predicted octanol–water partition coefficient (Wildman–Crippen LogP) is 1.86. The molecule has 5 nitrogen and oxygen atoms in total. The number of hydrogen-bond acceptors (Lipinski definition) is 3. The molecule has 1 heterocycles. The van der Waals surface area contributed by atoms with Gasteiger partial charge < -0.3 is 10.5 Å². The number of benzene rings is 1. The van der Waals surface area contributed by atoms with Crippen LogP contribution in [-0.2, 0) is 11.3 Å². The average molecular weight is 268 g/mol. The van der Waals surface area contributed by atoms with Crippen LogP contribution in [0.3, 0.4) is 0 Å². The Morgan fingerprint density at radius 2 is 2.22 bits per heavy atom. The number of aryl methyl sites for hydroxylation is 1. The number of anilines is 1. The molecule has 0 amide bonds. The summed E-state index contributed by atoms with van der Waals surface area (Å²) in [5, 5.41) is 3.51. The van der Waals surface area contributed by atoms with Crippen molar-refractivity contribution in [2.24, 2.45) is 0 Å². The minimum Gasteiger partial charge on any atom is -0.393 e. The highest BCUT2D eigenvalue weighted by Gasteiger charge is 2.12. The molecule has 0 aliphatic heterocycles. The fourth-order valence-electron chi connectivity index (χ4n) is 1.65. The van der Waals surface area contributed by atoms with Gasteiger partial charge in [0.2, 0.25) is 0 Å². The minimum absolute atomic E-state index is 0.161. The van der Waals surface area contributed by atoms with Gasteiger partial charge in [0.05, 0.1) is 18.0 Å². The number of aromatic amines is 1. The Morgan fingerprint density at radius 3 is 2.83 bits per heavy atom. The molecular formula is C12H14ClN3O2. The molecule has 1 aromatic heterocycles. The van der Waals surface area contributed by atoms with Crippen molar-refractivity contribution in [2.75, 3.05) is 12.8 Å². The maximum atomic E-state index is 12.0. The van der Waals surface area contributed by atoms with E-state index in [1.807, 2.05) is 13.0 Å². The number of rotatable bonds is 3. The first kappa shape index (κ1) is 12.7. The van der Waals surface area contributed by atoms with Gasteiger partial charge in [0.1, 0.15) is 5.69 Å². The lowest BCUT2D eigenvalue weighted by molar-refractivity contribution is 0.181. The Balaban J connectivity index is 2.54. The Hall–Kier alpha value is -1.72. The molecule has 0 radical (unpaired) electrons. The van der Waals surface area contributed by atoms with Crippen molar-refractivity contribution in [1.82, 2.24) is 9.78 Å². The van der Waals surface area contributed by atoms with Crippen LogP contribution in [0.5, 0.6) is 0 Å². The summed E-state index contributed by atoms with van der Waals surface area (Å²) in [4.78, 5) is 12.0. The molecule has 0 aliphatic carbocycles. The van der Waals surface area contributed by atoms with E-state index < -0.39 is 0 Å². The molecular weight excluding hydrogens is 254 g/mol. The number of nitrogens with zero attached hydrogens (tertiary/aromatic N) is 1. The van der Waals surface area contributed by atoms with Crippen molar-refractivity contribution in [3.63, 3.8) is 0 Å². The lowest BCUT2D eigenvalue weighted by Gasteiger charge is -2.04. The number of halogens is 1. The number of aromatic nitrogens is 2. The molecule has 0 unspecified atom stereocenters. The van der Waals surface area contributed by atoms with E-state index in [9.17, 15) is 4.79 Å². The summed E-state index contributed by atoms with van der Waals surface area (Å²) in [6, 6.07) is 5.36. The van der Waals surface area contributed by atoms with Gasteiger partial charge in [-0.3, -0.25) is 9.89 Å². The minimum atomic E-state index is -0.304. The maximum Gasteiger partial charge on any atom is 0.294 e. The Labute approximate surface area is 109 Å². The van der Waals surface area contributed by atoms with Gasteiger partial charge >= 0.3 is 0 Å². The molecule has 96 valence electrons. The first-order valence-corrected chi connectivity index (χ1v) is 5.77. The summed E-state index contributed by atoms with van der Waals surface area (Å²) >= 11 is 6.04. The van der Waals surface area contributed by atoms with E-state index in [0.717, 1.165) is 5.56 Å². The standard InChI is InChI=1S/C12H14ClN3O2/c1-7-3-4-8(5-9(7)13)16-12(17)11(14)10(15-16)6-18-2/h3-5,15H,6,14H2,1-2H3. The zero-order valence-electron chi connectivity index (χ0n) is 10.2. The molecule has 0 saturated carbocycles. The molecule has 6 heteroatoms. The van der Waals surface area contributed by atoms with Crippen LogP contribution in [0, 0.1) is 6.92 Å². The molecule has 2 rings (SSSR count). The summed E-state index contributed by atoms with van der Waals surface area (Å²) in [5.74, 6) is 0. The van der Waals surface area contributed by atoms with E-state index in [-0.39, 0.29) is 17.9 Å². The normalized spacial score (nSPS) is 10.8. The van der Waals surface area contributed by atoms with Crippen LogP contribution in [0.1, 0.15) is 11.3 Å². The molecule has 0 bridgehead atoms. The number of nitrogens with one attached hydrogen (secondary N) is 1. The molecule has 18 heavy (non-hydrogen) atoms. The molecule has 0 aliphatic rings. The van der Waals surface area contributed by atoms with Crippen LogP contribution in [-0.4, -0.2) is 16.9 Å². The Kier molecular flexibility index (Phi) is 3.45. The Morgan fingerprint density at radius 1 is 1.50 bits per heavy atom. The smallest absolute Gasteiger partial charge is 0.294 e. The van der Waals surface area contributed by atoms with Crippen LogP contribution in [0.4, 0.5) is 5.69 Å². The lowest BCUT2D eigenvalue weighted by atomic mass is 10.2. The Bertz CT molecular complexity index is 631. The third-order valence-corrected chi connectivity index (χ3v) is 3.11. The fraction of sp³-hybridized carbons (Fsp3) is 0.250. The highest BCUT2D eigenvalue weighted by atomic mass is 35.5. The predicted molar refractivity (Wildman–Crippen MR) is 71.3 cm³/mol. The molecule has 0 atom stereocenters. The van der Waals surface area contributed by atoms with Crippen LogP contribution in [0.2, 0.25) is 5.02 Å². The number of nitrogen functional groups attached to an aromatic ring is 1. The van der Waals surface area contributed by atoms with Gasteiger partial charge in [-0.25, -0.2) is 4.68 Å². The van der Waals surface area contributed by atoms with Gasteiger partial charge in [0.15, 0.2) is 0 Å². The van der Waals surface area contributed by atoms with E-state index >= 15 is 0 Å². The first-order chi connectivity index (χ1) is 8.54. The second kappa shape index (κ2) is 4.88. The number of ether oxygens (including phenoxy) is 1. The molecule has 0 fully saturated rings. The van der Waals surface area contributed by atoms with Crippen molar-refractivity contribution in [3.8, 4) is 5.69 Å². The van der Waals surface area contributed by atoms with Crippen molar-refractivity contribution >= 4 is 17.3 Å². The van der Waals surface area contributed by atoms with E-state index in [1.165, 1.54) is 11.8 Å². The summed E-state index contributed by atoms with van der Waals surface area (Å²) in [7, 11) is 1.54. The highest BCUT2D eigenvalue weighted by molar-refractivity contribution is 6.31. The van der Waals surface area contributed by atoms with Gasteiger partial charge in [-0.1, -0.05) is 17.7 Å². The topological polar surface area (TPSA) is 73.0 Å². The van der Waals surface area contributed by atoms with Crippen molar-refractivity contribution < 1.29 is 4.74 Å². The number of hydrogen-bond donors (Lipinski definition) is 2. The van der Waals surface area contributed by atoms with Crippen LogP contribution >= 0.6 is 11.6 Å². The third-order valence-electron chi connectivity index (χ3n) is 2.71. The van der Waals surface area contributed by atoms with Crippen molar-refractivity contribution in [1.29, 1.82) is 0 Å². The summed E-state index contributed by atoms with van der Waals surface area (Å²) < 4.78 is 6.32. The molecule has 1 aromatic carbocycles. The van der Waals surface area contributed by atoms with Gasteiger partial charge in [-0.15, -0.1) is 0 Å². The van der Waals surface area contributed by atoms with E-state index in [2.05, 4.69) is 5.10 Å². The molecule has 0 saturated heterocycles. The number of methoxy groups -OCH3 is 1. The van der Waals surface area contributed by atoms with Crippen LogP contribution in [0.25, 0.3) is 5.69 Å². The zero-order chi connectivity index (χ0) is 13.3. The quantitative estimate of drug-likeness (QED) is 0.891. The average Bonchev–Trinajstić information content (AvgIpc) is 2.62. The molecule has 3 N–H and O–H groups in total. The number of H-pyrrole nitrogens is 1. The second-order valence-electron chi connectivity index (χ2n) is 4.01. The van der Waals surface area contributed by atoms with Crippen LogP contribution in [0.15, 0.2) is 23.0 Å². The van der Waals surface area contributed by atoms with Crippen molar-refractivity contribution in [3.05, 3.63) is 44.8 Å². The van der Waals surface area contributed by atoms with Gasteiger partial charge in [0.25, 0.3) is 5.56 Å². The molecule has 0 spiro atoms. The summed E-state index contributed by atoms with van der Waals surface area (Å²) in [6.07, 6.45) is 0. The maximum absolute atomic E-state index is 12.0. The van der Waals surface area contributed by atoms with Crippen LogP contribution < -0.4 is 11.3 Å². The monoisotopic (exact) mass is 267 g/mol. The summed E-state index contributed by atoms with van der Waals surface area (Å²) in [6.45, 7) is 2.15. The number of nitrogens with two attached hydrogens (primary N) is 1. The van der Waals surface area contributed by atoms with Crippen molar-refractivity contribution in [2.45, 2.75) is 13.5 Å². The SMILES string of the molecule is COCc1[nH]n(-c2ccc(C)c(Cl)c2)c(=O)c1N. The first-order valence-electron chi connectivity index (χ1n) is 5.39. The highest BCUT2D eigenvalue weighted by Crippen LogP contribution is 2.19. The van der Waals surface area contributed by atoms with E-state index in [4.69, 9.17) is 22.1 Å². The van der Waals surface area contributed by atoms with E-state index in [1.54, 1.807) is 12.1 Å². The second-order valence-corrected chi connectivity index (χ2v) is 4.42. The largest absolute Gasteiger partial charge is 0.393 e. The van der Waals surface area contributed by atoms with Gasteiger partial charge in [0, 0.05) is 12.1 Å². The molecule has 2 aromatic rings. The summed E-state index contributed by atoms with van der Waals surface area (Å²) in [5.41, 5.74) is 7.72. The fourth-order valence-corrected chi connectivity index (χ4v) is 1.83. The van der Waals surface area contributed by atoms with Gasteiger partial charge in [-0.05, 0) is 24.6 Å². The van der Waals surface area contributed by atoms with E-state index in [0.29, 0.717) is 16.4 Å². The lowest BCUT2D eigenvalue weighted by Crippen LogP contribution is -2.16.